The maximum absolute atomic E-state index is 14.9. The van der Waals surface area contributed by atoms with Crippen LogP contribution in [0.4, 0.5) is 8.78 Å². The molecule has 4 aliphatic rings. The van der Waals surface area contributed by atoms with Crippen molar-refractivity contribution in [2.45, 2.75) is 77.3 Å². The lowest BCUT2D eigenvalue weighted by atomic mass is 9.88. The molecule has 14 nitrogen and oxygen atoms in total. The van der Waals surface area contributed by atoms with Gasteiger partial charge in [0.1, 0.15) is 49.1 Å². The molecule has 0 spiro atoms. The highest BCUT2D eigenvalue weighted by molar-refractivity contribution is 5.97. The number of hydrogen-bond donors (Lipinski definition) is 2. The van der Waals surface area contributed by atoms with Crippen LogP contribution < -0.4 is 0 Å². The number of likely N-dealkylation sites (tertiary alicyclic amines) is 2. The van der Waals surface area contributed by atoms with E-state index in [1.165, 1.54) is 24.5 Å². The van der Waals surface area contributed by atoms with Crippen LogP contribution in [0.25, 0.3) is 0 Å². The molecule has 4 aliphatic heterocycles. The summed E-state index contributed by atoms with van der Waals surface area (Å²) >= 11 is 0. The minimum atomic E-state index is -1.18. The van der Waals surface area contributed by atoms with Crippen molar-refractivity contribution in [2.75, 3.05) is 39.3 Å². The fourth-order valence-corrected chi connectivity index (χ4v) is 8.93. The Hall–Kier alpha value is -6.30. The number of nitriles is 2. The molecule has 0 radical (unpaired) electrons. The Labute approximate surface area is 369 Å². The molecule has 8 rings (SSSR count). The summed E-state index contributed by atoms with van der Waals surface area (Å²) in [4.78, 5) is 59.9. The van der Waals surface area contributed by atoms with E-state index in [0.717, 1.165) is 22.3 Å². The van der Waals surface area contributed by atoms with E-state index in [4.69, 9.17) is 20.0 Å². The number of β-amino-alcohol motifs (C(OH)–C–C–N with tert-alkyl or cyclic N) is 2. The number of piperidine rings is 2. The van der Waals surface area contributed by atoms with Crippen molar-refractivity contribution >= 4 is 23.5 Å². The van der Waals surface area contributed by atoms with Crippen molar-refractivity contribution in [3.8, 4) is 12.1 Å². The molecule has 0 aliphatic carbocycles. The topological polar surface area (TPSA) is 207 Å². The summed E-state index contributed by atoms with van der Waals surface area (Å²) in [6, 6.07) is 16.7. The quantitative estimate of drug-likeness (QED) is 0.128. The molecule has 0 saturated carbocycles. The Morgan fingerprint density at radius 1 is 0.703 bits per heavy atom. The van der Waals surface area contributed by atoms with Gasteiger partial charge in [-0.2, -0.15) is 10.5 Å². The number of ether oxygens (including phenoxy) is 2. The maximum atomic E-state index is 14.9. The third kappa shape index (κ3) is 10.2. The predicted octanol–water partition coefficient (Wildman–Crippen LogP) is 5.80. The third-order valence-corrected chi connectivity index (χ3v) is 12.8. The van der Waals surface area contributed by atoms with Crippen molar-refractivity contribution in [3.05, 3.63) is 128 Å². The van der Waals surface area contributed by atoms with Crippen molar-refractivity contribution in [3.63, 3.8) is 0 Å². The van der Waals surface area contributed by atoms with Crippen molar-refractivity contribution in [2.24, 2.45) is 11.8 Å². The number of pyridine rings is 2. The van der Waals surface area contributed by atoms with Gasteiger partial charge in [0.05, 0.1) is 23.3 Å². The second kappa shape index (κ2) is 20.0. The summed E-state index contributed by atoms with van der Waals surface area (Å²) in [5, 5.41) is 39.1. The lowest BCUT2D eigenvalue weighted by Crippen LogP contribution is -2.44. The lowest BCUT2D eigenvalue weighted by molar-refractivity contribution is 0.0412. The molecule has 6 heterocycles. The number of esters is 2. The van der Waals surface area contributed by atoms with E-state index >= 15 is 0 Å². The van der Waals surface area contributed by atoms with Crippen LogP contribution in [0.15, 0.2) is 60.9 Å². The summed E-state index contributed by atoms with van der Waals surface area (Å²) in [6.45, 7) is 6.12. The summed E-state index contributed by atoms with van der Waals surface area (Å²) < 4.78 is 39.8. The monoisotopic (exact) mass is 874 g/mol. The van der Waals surface area contributed by atoms with E-state index in [1.54, 1.807) is 36.4 Å². The second-order valence-electron chi connectivity index (χ2n) is 16.8. The lowest BCUT2D eigenvalue weighted by Gasteiger charge is -2.35. The number of benzene rings is 2. The zero-order valence-corrected chi connectivity index (χ0v) is 35.5. The summed E-state index contributed by atoms with van der Waals surface area (Å²) in [7, 11) is 0. The zero-order chi connectivity index (χ0) is 45.7. The molecule has 2 fully saturated rings. The molecule has 16 heteroatoms. The Morgan fingerprint density at radius 2 is 1.11 bits per heavy atom. The number of aliphatic hydroxyl groups excluding tert-OH is 2. The Kier molecular flexibility index (Phi) is 14.3. The van der Waals surface area contributed by atoms with Gasteiger partial charge in [0.2, 0.25) is 0 Å². The highest BCUT2D eigenvalue weighted by Gasteiger charge is 2.35. The molecular formula is C48H48F2N6O8. The van der Waals surface area contributed by atoms with Crippen LogP contribution in [-0.2, 0) is 22.7 Å². The molecule has 6 atom stereocenters. The van der Waals surface area contributed by atoms with Gasteiger partial charge >= 0.3 is 11.9 Å². The highest BCUT2D eigenvalue weighted by atomic mass is 19.1. The van der Waals surface area contributed by atoms with Crippen molar-refractivity contribution in [1.29, 1.82) is 10.5 Å². The van der Waals surface area contributed by atoms with Crippen LogP contribution in [-0.4, -0.2) is 105 Å². The van der Waals surface area contributed by atoms with Crippen LogP contribution in [0, 0.1) is 48.3 Å². The average molecular weight is 875 g/mol. The number of Topliss-reactive ketones (excluding diaryl/α,β-unsaturated/α-hetero) is 2. The number of carbonyl (C=O) groups excluding carboxylic acids is 4. The standard InChI is InChI=1S/2C24H24FN3O4/c2*1-14-18(4-5-19-20(14)13-32-24(19)31)23(30)12-28-7-6-15(21(25)11-28)8-22(29)16-2-3-17(9-26)27-10-16/h2*2-5,10,15,21,23,30H,6-8,11-13H2,1H3/t15-,21-,23+;15-,21-,23-/m10/s1. The number of alkyl halides is 2. The van der Waals surface area contributed by atoms with E-state index in [9.17, 15) is 38.2 Å². The molecule has 0 amide bonds. The molecule has 2 aromatic heterocycles. The van der Waals surface area contributed by atoms with E-state index in [2.05, 4.69) is 9.97 Å². The van der Waals surface area contributed by atoms with Crippen molar-refractivity contribution < 1.29 is 47.6 Å². The number of cyclic esters (lactones) is 2. The Morgan fingerprint density at radius 3 is 1.45 bits per heavy atom. The normalized spacial score (nSPS) is 21.5. The van der Waals surface area contributed by atoms with E-state index in [-0.39, 0.29) is 87.1 Å². The largest absolute Gasteiger partial charge is 0.457 e. The number of hydrogen-bond acceptors (Lipinski definition) is 14. The average Bonchev–Trinajstić information content (AvgIpc) is 3.88. The number of aliphatic hydroxyl groups is 2. The maximum Gasteiger partial charge on any atom is 0.338 e. The number of halogens is 2. The molecule has 332 valence electrons. The zero-order valence-electron chi connectivity index (χ0n) is 35.5. The molecular weight excluding hydrogens is 827 g/mol. The Balaban J connectivity index is 0.000000191. The smallest absolute Gasteiger partial charge is 0.338 e. The van der Waals surface area contributed by atoms with Gasteiger partial charge in [0.15, 0.2) is 11.6 Å². The first-order valence-electron chi connectivity index (χ1n) is 21.2. The SMILES string of the molecule is Cc1c([C@@H](O)CN2CC[C@@H](CC(=O)c3ccc(C#N)nc3)[C@@H](F)C2)ccc2c1COC2=O.Cc1c([C@@H](O)CN2CC[C@H](CC(=O)c3ccc(C#N)nc3)[C@H](F)C2)ccc2c1COC2=O. The van der Waals surface area contributed by atoms with Gasteiger partial charge in [-0.25, -0.2) is 28.3 Å². The van der Waals surface area contributed by atoms with Gasteiger partial charge in [-0.05, 0) is 110 Å². The third-order valence-electron chi connectivity index (χ3n) is 12.8. The first-order chi connectivity index (χ1) is 30.7. The number of aromatic nitrogens is 2. The summed E-state index contributed by atoms with van der Waals surface area (Å²) in [5.74, 6) is -1.86. The fourth-order valence-electron chi connectivity index (χ4n) is 8.93. The fraction of sp³-hybridized carbons (Fsp3) is 0.417. The van der Waals surface area contributed by atoms with Crippen LogP contribution in [0.2, 0.25) is 0 Å². The summed E-state index contributed by atoms with van der Waals surface area (Å²) in [6.07, 6.45) is -0.0847. The second-order valence-corrected chi connectivity index (χ2v) is 16.8. The van der Waals surface area contributed by atoms with E-state index < -0.39 is 36.4 Å². The molecule has 2 N–H and O–H groups in total. The Bertz CT molecular complexity index is 2330. The van der Waals surface area contributed by atoms with Gasteiger partial charge in [-0.15, -0.1) is 0 Å². The minimum Gasteiger partial charge on any atom is -0.457 e. The highest BCUT2D eigenvalue weighted by Crippen LogP contribution is 2.33. The molecule has 0 bridgehead atoms. The number of fused-ring (bicyclic) bond motifs is 2. The van der Waals surface area contributed by atoms with Crippen LogP contribution in [0.1, 0.15) is 124 Å². The van der Waals surface area contributed by atoms with Gasteiger partial charge in [0.25, 0.3) is 0 Å². The van der Waals surface area contributed by atoms with Gasteiger partial charge < -0.3 is 19.7 Å². The van der Waals surface area contributed by atoms with Crippen LogP contribution in [0.5, 0.6) is 0 Å². The van der Waals surface area contributed by atoms with E-state index in [0.29, 0.717) is 59.3 Å². The first kappa shape index (κ1) is 45.7. The molecule has 2 saturated heterocycles. The molecule has 64 heavy (non-hydrogen) atoms. The number of carbonyl (C=O) groups is 4. The van der Waals surface area contributed by atoms with Crippen LogP contribution >= 0.6 is 0 Å². The molecule has 4 aromatic rings. The van der Waals surface area contributed by atoms with Crippen LogP contribution in [0.3, 0.4) is 0 Å². The van der Waals surface area contributed by atoms with Gasteiger partial charge in [-0.1, -0.05) is 12.1 Å². The number of nitrogens with zero attached hydrogens (tertiary/aromatic N) is 6. The molecule has 2 aromatic carbocycles. The number of ketones is 2. The number of rotatable bonds is 12. The van der Waals surface area contributed by atoms with Gasteiger partial charge in [0, 0.05) is 73.7 Å². The minimum absolute atomic E-state index is 0.0864. The first-order valence-corrected chi connectivity index (χ1v) is 21.2. The molecule has 0 unspecified atom stereocenters. The summed E-state index contributed by atoms with van der Waals surface area (Å²) in [5.41, 5.74) is 6.95. The van der Waals surface area contributed by atoms with Crippen molar-refractivity contribution in [1.82, 2.24) is 19.8 Å². The predicted molar refractivity (Wildman–Crippen MR) is 225 cm³/mol. The van der Waals surface area contributed by atoms with Gasteiger partial charge in [-0.3, -0.25) is 19.4 Å². The van der Waals surface area contributed by atoms with E-state index in [1.807, 2.05) is 35.8 Å².